The number of hydrogen-bond donors (Lipinski definition) is 1. The van der Waals surface area contributed by atoms with Crippen molar-refractivity contribution in [1.29, 1.82) is 0 Å². The maximum atomic E-state index is 12.2. The zero-order valence-corrected chi connectivity index (χ0v) is 13.6. The second kappa shape index (κ2) is 7.70. The highest BCUT2D eigenvalue weighted by atomic mass is 32.1. The van der Waals surface area contributed by atoms with Crippen molar-refractivity contribution in [2.75, 3.05) is 6.54 Å². The van der Waals surface area contributed by atoms with Crippen LogP contribution in [0.1, 0.15) is 22.3 Å². The van der Waals surface area contributed by atoms with E-state index in [1.807, 2.05) is 41.8 Å². The summed E-state index contributed by atoms with van der Waals surface area (Å²) in [7, 11) is 0. The van der Waals surface area contributed by atoms with Gasteiger partial charge in [-0.2, -0.15) is 0 Å². The normalized spacial score (nSPS) is 10.4. The maximum Gasteiger partial charge on any atom is 0.251 e. The van der Waals surface area contributed by atoms with Gasteiger partial charge >= 0.3 is 0 Å². The van der Waals surface area contributed by atoms with Gasteiger partial charge in [0.1, 0.15) is 0 Å². The molecule has 3 nitrogen and oxygen atoms in total. The zero-order valence-electron chi connectivity index (χ0n) is 12.7. The predicted octanol–water partition coefficient (Wildman–Crippen LogP) is 4.17. The molecule has 2 aromatic heterocycles. The first-order valence-corrected chi connectivity index (χ1v) is 8.53. The second-order valence-electron chi connectivity index (χ2n) is 5.25. The first-order valence-electron chi connectivity index (χ1n) is 7.65. The van der Waals surface area contributed by atoms with Gasteiger partial charge in [0.25, 0.3) is 5.91 Å². The minimum Gasteiger partial charge on any atom is -0.352 e. The number of benzene rings is 1. The minimum absolute atomic E-state index is 0.0433. The van der Waals surface area contributed by atoms with Crippen LogP contribution in [0.25, 0.3) is 10.6 Å². The van der Waals surface area contributed by atoms with E-state index >= 15 is 0 Å². The standard InChI is InChI=1S/C19H18N2OS/c22-19(21-11-4-8-15-6-2-1-3-7-15)16-10-12-20-17(14-16)18-9-5-13-23-18/h1-3,5-7,9-10,12-14H,4,8,11H2,(H,21,22). The van der Waals surface area contributed by atoms with Gasteiger partial charge in [0.2, 0.25) is 0 Å². The van der Waals surface area contributed by atoms with E-state index < -0.39 is 0 Å². The van der Waals surface area contributed by atoms with E-state index in [0.29, 0.717) is 12.1 Å². The highest BCUT2D eigenvalue weighted by Crippen LogP contribution is 2.22. The van der Waals surface area contributed by atoms with Crippen molar-refractivity contribution in [1.82, 2.24) is 10.3 Å². The van der Waals surface area contributed by atoms with E-state index in [-0.39, 0.29) is 5.91 Å². The molecule has 0 atom stereocenters. The summed E-state index contributed by atoms with van der Waals surface area (Å²) in [5.41, 5.74) is 2.80. The van der Waals surface area contributed by atoms with Gasteiger partial charge in [-0.25, -0.2) is 0 Å². The number of nitrogens with one attached hydrogen (secondary N) is 1. The van der Waals surface area contributed by atoms with Crippen LogP contribution >= 0.6 is 11.3 Å². The molecule has 0 aliphatic rings. The number of amides is 1. The highest BCUT2D eigenvalue weighted by Gasteiger charge is 2.08. The summed E-state index contributed by atoms with van der Waals surface area (Å²) in [5.74, 6) is -0.0433. The van der Waals surface area contributed by atoms with E-state index in [0.717, 1.165) is 23.4 Å². The van der Waals surface area contributed by atoms with Gasteiger partial charge in [0.05, 0.1) is 10.6 Å². The third kappa shape index (κ3) is 4.27. The number of rotatable bonds is 6. The smallest absolute Gasteiger partial charge is 0.251 e. The molecule has 1 N–H and O–H groups in total. The molecule has 0 spiro atoms. The highest BCUT2D eigenvalue weighted by molar-refractivity contribution is 7.13. The molecule has 0 fully saturated rings. The van der Waals surface area contributed by atoms with E-state index in [1.165, 1.54) is 5.56 Å². The zero-order chi connectivity index (χ0) is 15.9. The van der Waals surface area contributed by atoms with Crippen molar-refractivity contribution >= 4 is 17.2 Å². The Morgan fingerprint density at radius 1 is 1.09 bits per heavy atom. The lowest BCUT2D eigenvalue weighted by atomic mass is 10.1. The fraction of sp³-hybridized carbons (Fsp3) is 0.158. The number of carbonyl (C=O) groups excluding carboxylic acids is 1. The molecule has 0 saturated heterocycles. The Bertz CT molecular complexity index is 754. The Kier molecular flexibility index (Phi) is 5.17. The lowest BCUT2D eigenvalue weighted by molar-refractivity contribution is 0.0953. The summed E-state index contributed by atoms with van der Waals surface area (Å²) < 4.78 is 0. The number of carbonyl (C=O) groups is 1. The van der Waals surface area contributed by atoms with Gasteiger partial charge in [0, 0.05) is 18.3 Å². The van der Waals surface area contributed by atoms with Gasteiger partial charge in [-0.15, -0.1) is 11.3 Å². The maximum absolute atomic E-state index is 12.2. The fourth-order valence-electron chi connectivity index (χ4n) is 2.37. The lowest BCUT2D eigenvalue weighted by Crippen LogP contribution is -2.24. The number of thiophene rings is 1. The first kappa shape index (κ1) is 15.4. The van der Waals surface area contributed by atoms with Gasteiger partial charge in [-0.05, 0) is 42.0 Å². The predicted molar refractivity (Wildman–Crippen MR) is 94.6 cm³/mol. The van der Waals surface area contributed by atoms with Crippen LogP contribution in [0.15, 0.2) is 66.2 Å². The summed E-state index contributed by atoms with van der Waals surface area (Å²) in [5, 5.41) is 4.99. The molecule has 4 heteroatoms. The Morgan fingerprint density at radius 2 is 1.96 bits per heavy atom. The Morgan fingerprint density at radius 3 is 2.74 bits per heavy atom. The van der Waals surface area contributed by atoms with Crippen LogP contribution < -0.4 is 5.32 Å². The Balaban J connectivity index is 1.53. The monoisotopic (exact) mass is 322 g/mol. The van der Waals surface area contributed by atoms with Crippen molar-refractivity contribution in [3.8, 4) is 10.6 Å². The van der Waals surface area contributed by atoms with Crippen molar-refractivity contribution in [2.24, 2.45) is 0 Å². The molecular weight excluding hydrogens is 304 g/mol. The molecule has 2 heterocycles. The summed E-state index contributed by atoms with van der Waals surface area (Å²) >= 11 is 1.62. The van der Waals surface area contributed by atoms with Crippen LogP contribution in [-0.4, -0.2) is 17.4 Å². The van der Waals surface area contributed by atoms with Crippen LogP contribution in [0.5, 0.6) is 0 Å². The third-order valence-electron chi connectivity index (χ3n) is 3.57. The van der Waals surface area contributed by atoms with Gasteiger partial charge in [-0.1, -0.05) is 36.4 Å². The molecule has 1 aromatic carbocycles. The number of nitrogens with zero attached hydrogens (tertiary/aromatic N) is 1. The molecular formula is C19H18N2OS. The van der Waals surface area contributed by atoms with Gasteiger partial charge in [-0.3, -0.25) is 9.78 Å². The molecule has 23 heavy (non-hydrogen) atoms. The number of aromatic nitrogens is 1. The molecule has 1 amide bonds. The summed E-state index contributed by atoms with van der Waals surface area (Å²) in [4.78, 5) is 17.6. The molecule has 0 unspecified atom stereocenters. The number of pyridine rings is 1. The van der Waals surface area contributed by atoms with Crippen molar-refractivity contribution in [3.05, 3.63) is 77.3 Å². The average Bonchev–Trinajstić information content (AvgIpc) is 3.14. The molecule has 3 rings (SSSR count). The van der Waals surface area contributed by atoms with Crippen LogP contribution in [0.2, 0.25) is 0 Å². The molecule has 0 aliphatic carbocycles. The van der Waals surface area contributed by atoms with E-state index in [4.69, 9.17) is 0 Å². The molecule has 0 aliphatic heterocycles. The third-order valence-corrected chi connectivity index (χ3v) is 4.46. The first-order chi connectivity index (χ1) is 11.3. The summed E-state index contributed by atoms with van der Waals surface area (Å²) in [6.07, 6.45) is 3.59. The summed E-state index contributed by atoms with van der Waals surface area (Å²) in [6.45, 7) is 0.671. The van der Waals surface area contributed by atoms with Crippen LogP contribution in [-0.2, 0) is 6.42 Å². The molecule has 116 valence electrons. The van der Waals surface area contributed by atoms with Crippen LogP contribution in [0, 0.1) is 0 Å². The van der Waals surface area contributed by atoms with Crippen LogP contribution in [0.3, 0.4) is 0 Å². The van der Waals surface area contributed by atoms with Crippen molar-refractivity contribution in [2.45, 2.75) is 12.8 Å². The van der Waals surface area contributed by atoms with Crippen LogP contribution in [0.4, 0.5) is 0 Å². The van der Waals surface area contributed by atoms with Crippen molar-refractivity contribution in [3.63, 3.8) is 0 Å². The van der Waals surface area contributed by atoms with E-state index in [2.05, 4.69) is 22.4 Å². The van der Waals surface area contributed by atoms with Gasteiger partial charge < -0.3 is 5.32 Å². The van der Waals surface area contributed by atoms with Gasteiger partial charge in [0.15, 0.2) is 0 Å². The van der Waals surface area contributed by atoms with E-state index in [9.17, 15) is 4.79 Å². The second-order valence-corrected chi connectivity index (χ2v) is 6.20. The largest absolute Gasteiger partial charge is 0.352 e. The molecule has 0 saturated carbocycles. The topological polar surface area (TPSA) is 42.0 Å². The number of hydrogen-bond acceptors (Lipinski definition) is 3. The lowest BCUT2D eigenvalue weighted by Gasteiger charge is -2.06. The molecule has 0 bridgehead atoms. The average molecular weight is 322 g/mol. The van der Waals surface area contributed by atoms with E-state index in [1.54, 1.807) is 23.6 Å². The fourth-order valence-corrected chi connectivity index (χ4v) is 3.07. The Hall–Kier alpha value is -2.46. The quantitative estimate of drug-likeness (QED) is 0.692. The number of aryl methyl sites for hydroxylation is 1. The summed E-state index contributed by atoms with van der Waals surface area (Å²) in [6, 6.07) is 17.9. The Labute approximate surface area is 140 Å². The van der Waals surface area contributed by atoms with Crippen molar-refractivity contribution < 1.29 is 4.79 Å². The molecule has 3 aromatic rings. The minimum atomic E-state index is -0.0433. The molecule has 0 radical (unpaired) electrons. The SMILES string of the molecule is O=C(NCCCc1ccccc1)c1ccnc(-c2cccs2)c1.